The van der Waals surface area contributed by atoms with E-state index in [2.05, 4.69) is 5.32 Å². The van der Waals surface area contributed by atoms with Crippen molar-refractivity contribution in [3.05, 3.63) is 39.7 Å². The monoisotopic (exact) mass is 365 g/mol. The minimum absolute atomic E-state index is 0.263. The first-order valence-corrected chi connectivity index (χ1v) is 8.90. The quantitative estimate of drug-likeness (QED) is 0.720. The number of benzene rings is 1. The molecule has 2 aromatic rings. The van der Waals surface area contributed by atoms with Gasteiger partial charge in [0, 0.05) is 11.8 Å². The molecule has 0 fully saturated rings. The Hall–Kier alpha value is -2.48. The summed E-state index contributed by atoms with van der Waals surface area (Å²) in [6.07, 6.45) is 1.76. The Balaban J connectivity index is 2.19. The number of aryl methyl sites for hydroxylation is 2. The van der Waals surface area contributed by atoms with E-state index in [0.29, 0.717) is 22.3 Å². The van der Waals surface area contributed by atoms with Crippen LogP contribution in [0.25, 0.3) is 11.0 Å². The molecule has 134 valence electrons. The van der Waals surface area contributed by atoms with Gasteiger partial charge in [-0.25, -0.2) is 9.59 Å². The van der Waals surface area contributed by atoms with Crippen molar-refractivity contribution >= 4 is 34.6 Å². The third-order valence-corrected chi connectivity index (χ3v) is 4.14. The molecule has 7 nitrogen and oxygen atoms in total. The second-order valence-corrected chi connectivity index (χ2v) is 6.50. The maximum atomic E-state index is 12.0. The van der Waals surface area contributed by atoms with Gasteiger partial charge in [0.2, 0.25) is 0 Å². The molecule has 0 spiro atoms. The Morgan fingerprint density at radius 3 is 2.68 bits per heavy atom. The predicted molar refractivity (Wildman–Crippen MR) is 95.4 cm³/mol. The van der Waals surface area contributed by atoms with Crippen molar-refractivity contribution < 1.29 is 23.8 Å². The average molecular weight is 365 g/mol. The summed E-state index contributed by atoms with van der Waals surface area (Å²) in [6.45, 7) is 3.23. The molecule has 8 heteroatoms. The van der Waals surface area contributed by atoms with Crippen molar-refractivity contribution in [1.82, 2.24) is 5.32 Å². The second-order valence-electron chi connectivity index (χ2n) is 5.59. The summed E-state index contributed by atoms with van der Waals surface area (Å²) < 4.78 is 10.7. The van der Waals surface area contributed by atoms with Crippen LogP contribution in [0.4, 0.5) is 0 Å². The van der Waals surface area contributed by atoms with Gasteiger partial charge < -0.3 is 19.6 Å². The van der Waals surface area contributed by atoms with E-state index in [0.717, 1.165) is 5.56 Å². The van der Waals surface area contributed by atoms with Crippen LogP contribution in [0, 0.1) is 13.8 Å². The van der Waals surface area contributed by atoms with Crippen LogP contribution in [0.15, 0.2) is 27.4 Å². The Bertz CT molecular complexity index is 860. The van der Waals surface area contributed by atoms with E-state index in [1.165, 1.54) is 17.8 Å². The van der Waals surface area contributed by atoms with Crippen molar-refractivity contribution in [1.29, 1.82) is 0 Å². The molecule has 25 heavy (non-hydrogen) atoms. The van der Waals surface area contributed by atoms with Crippen molar-refractivity contribution in [3.63, 3.8) is 0 Å². The van der Waals surface area contributed by atoms with Gasteiger partial charge in [0.25, 0.3) is 5.91 Å². The molecule has 0 aliphatic heterocycles. The number of aliphatic carboxylic acids is 1. The molecule has 0 aliphatic rings. The normalized spacial score (nSPS) is 12.0. The average Bonchev–Trinajstić information content (AvgIpc) is 2.51. The zero-order valence-corrected chi connectivity index (χ0v) is 14.9. The number of carboxylic acids is 1. The smallest absolute Gasteiger partial charge is 0.336 e. The van der Waals surface area contributed by atoms with Crippen molar-refractivity contribution in [2.75, 3.05) is 18.6 Å². The number of hydrogen-bond donors (Lipinski definition) is 2. The van der Waals surface area contributed by atoms with Crippen molar-refractivity contribution in [2.45, 2.75) is 19.9 Å². The van der Waals surface area contributed by atoms with Gasteiger partial charge in [-0.15, -0.1) is 0 Å². The van der Waals surface area contributed by atoms with E-state index < -0.39 is 23.5 Å². The third kappa shape index (κ3) is 4.76. The molecule has 1 atom stereocenters. The topological polar surface area (TPSA) is 106 Å². The van der Waals surface area contributed by atoms with E-state index in [1.54, 1.807) is 25.3 Å². The Morgan fingerprint density at radius 2 is 2.04 bits per heavy atom. The molecule has 0 radical (unpaired) electrons. The minimum atomic E-state index is -1.10. The number of carbonyl (C=O) groups excluding carboxylic acids is 1. The highest BCUT2D eigenvalue weighted by atomic mass is 32.2. The zero-order chi connectivity index (χ0) is 18.6. The number of nitrogens with one attached hydrogen (secondary N) is 1. The van der Waals surface area contributed by atoms with Gasteiger partial charge in [-0.3, -0.25) is 4.79 Å². The minimum Gasteiger partial charge on any atom is -0.483 e. The highest BCUT2D eigenvalue weighted by Crippen LogP contribution is 2.29. The van der Waals surface area contributed by atoms with Crippen LogP contribution in [0.1, 0.15) is 11.1 Å². The summed E-state index contributed by atoms with van der Waals surface area (Å²) in [5.74, 6) is -0.964. The fourth-order valence-corrected chi connectivity index (χ4v) is 2.97. The maximum Gasteiger partial charge on any atom is 0.336 e. The molecule has 0 bridgehead atoms. The van der Waals surface area contributed by atoms with Gasteiger partial charge in [0.05, 0.1) is 5.39 Å². The van der Waals surface area contributed by atoms with E-state index in [1.807, 2.05) is 6.92 Å². The highest BCUT2D eigenvalue weighted by molar-refractivity contribution is 7.98. The Morgan fingerprint density at radius 1 is 1.32 bits per heavy atom. The van der Waals surface area contributed by atoms with E-state index in [4.69, 9.17) is 14.3 Å². The van der Waals surface area contributed by atoms with Gasteiger partial charge in [0.1, 0.15) is 17.4 Å². The molecule has 1 unspecified atom stereocenters. The number of fused-ring (bicyclic) bond motifs is 1. The van der Waals surface area contributed by atoms with E-state index in [-0.39, 0.29) is 12.4 Å². The summed E-state index contributed by atoms with van der Waals surface area (Å²) >= 11 is 1.32. The van der Waals surface area contributed by atoms with Crippen LogP contribution in [0.5, 0.6) is 5.75 Å². The molecular formula is C17H19NO6S. The van der Waals surface area contributed by atoms with Crippen LogP contribution in [0.2, 0.25) is 0 Å². The fraction of sp³-hybridized carbons (Fsp3) is 0.353. The van der Waals surface area contributed by atoms with Gasteiger partial charge in [-0.2, -0.15) is 11.8 Å². The number of ether oxygens (including phenoxy) is 1. The molecule has 0 saturated carbocycles. The van der Waals surface area contributed by atoms with Crippen LogP contribution < -0.4 is 15.7 Å². The maximum absolute atomic E-state index is 12.0. The molecule has 1 amide bonds. The van der Waals surface area contributed by atoms with Gasteiger partial charge in [0.15, 0.2) is 6.61 Å². The molecule has 2 rings (SSSR count). The lowest BCUT2D eigenvalue weighted by Crippen LogP contribution is -2.44. The fourth-order valence-electron chi connectivity index (χ4n) is 2.41. The van der Waals surface area contributed by atoms with E-state index in [9.17, 15) is 14.4 Å². The lowest BCUT2D eigenvalue weighted by Gasteiger charge is -2.15. The first-order chi connectivity index (χ1) is 11.8. The summed E-state index contributed by atoms with van der Waals surface area (Å²) in [5, 5.41) is 12.1. The number of hydrogen-bond acceptors (Lipinski definition) is 6. The lowest BCUT2D eigenvalue weighted by atomic mass is 10.1. The molecule has 0 aliphatic carbocycles. The standard InChI is InChI=1S/C17H19NO6S/c1-9-4-12(16-10(2)6-15(20)24-13(16)5-9)23-7-14(19)18-11(8-25-3)17(21)22/h4-6,11H,7-8H2,1-3H3,(H,18,19)(H,21,22). The number of carbonyl (C=O) groups is 2. The van der Waals surface area contributed by atoms with Gasteiger partial charge >= 0.3 is 11.6 Å². The Kier molecular flexibility index (Phi) is 6.08. The van der Waals surface area contributed by atoms with Crippen LogP contribution in [-0.4, -0.2) is 41.6 Å². The first kappa shape index (κ1) is 18.9. The highest BCUT2D eigenvalue weighted by Gasteiger charge is 2.20. The summed E-state index contributed by atoms with van der Waals surface area (Å²) in [7, 11) is 0. The number of amides is 1. The zero-order valence-electron chi connectivity index (χ0n) is 14.1. The number of carboxylic acid groups (broad SMARTS) is 1. The first-order valence-electron chi connectivity index (χ1n) is 7.51. The predicted octanol–water partition coefficient (Wildman–Crippen LogP) is 1.72. The number of rotatable bonds is 7. The van der Waals surface area contributed by atoms with Crippen molar-refractivity contribution in [3.8, 4) is 5.75 Å². The molecule has 2 N–H and O–H groups in total. The third-order valence-electron chi connectivity index (χ3n) is 3.47. The SMILES string of the molecule is CSCC(NC(=O)COc1cc(C)cc2oc(=O)cc(C)c12)C(=O)O. The van der Waals surface area contributed by atoms with Gasteiger partial charge in [-0.05, 0) is 43.4 Å². The lowest BCUT2D eigenvalue weighted by molar-refractivity contribution is -0.141. The molecular weight excluding hydrogens is 346 g/mol. The Labute approximate surface area is 148 Å². The second kappa shape index (κ2) is 8.06. The van der Waals surface area contributed by atoms with E-state index >= 15 is 0 Å². The van der Waals surface area contributed by atoms with Crippen LogP contribution in [0.3, 0.4) is 0 Å². The van der Waals surface area contributed by atoms with Crippen LogP contribution in [-0.2, 0) is 9.59 Å². The molecule has 1 aromatic carbocycles. The number of thioether (sulfide) groups is 1. The largest absolute Gasteiger partial charge is 0.483 e. The van der Waals surface area contributed by atoms with Crippen molar-refractivity contribution in [2.24, 2.45) is 0 Å². The summed E-state index contributed by atoms with van der Waals surface area (Å²) in [6, 6.07) is 3.83. The summed E-state index contributed by atoms with van der Waals surface area (Å²) in [5.41, 5.74) is 1.40. The molecule has 0 saturated heterocycles. The molecule has 1 heterocycles. The summed E-state index contributed by atoms with van der Waals surface area (Å²) in [4.78, 5) is 34.6. The van der Waals surface area contributed by atoms with Crippen LogP contribution >= 0.6 is 11.8 Å². The molecule has 1 aromatic heterocycles. The van der Waals surface area contributed by atoms with Gasteiger partial charge in [-0.1, -0.05) is 0 Å².